The van der Waals surface area contributed by atoms with Crippen LogP contribution in [-0.2, 0) is 4.79 Å². The fourth-order valence-corrected chi connectivity index (χ4v) is 3.68. The van der Waals surface area contributed by atoms with Gasteiger partial charge in [0.05, 0.1) is 11.3 Å². The summed E-state index contributed by atoms with van der Waals surface area (Å²) in [6.45, 7) is 7.61. The molecule has 0 aromatic carbocycles. The Kier molecular flexibility index (Phi) is 5.84. The average Bonchev–Trinajstić information content (AvgIpc) is 2.79. The molecule has 4 nitrogen and oxygen atoms in total. The van der Waals surface area contributed by atoms with Crippen LogP contribution in [0.1, 0.15) is 48.1 Å². The van der Waals surface area contributed by atoms with Gasteiger partial charge < -0.3 is 4.90 Å². The van der Waals surface area contributed by atoms with E-state index < -0.39 is 0 Å². The maximum absolute atomic E-state index is 12.4. The van der Waals surface area contributed by atoms with Gasteiger partial charge in [-0.2, -0.15) is 5.26 Å². The number of nitriles is 1. The van der Waals surface area contributed by atoms with Crippen LogP contribution in [0.15, 0.2) is 5.03 Å². The van der Waals surface area contributed by atoms with E-state index in [1.165, 1.54) is 24.6 Å². The summed E-state index contributed by atoms with van der Waals surface area (Å²) in [6.07, 6.45) is 4.63. The number of carbonyl (C=O) groups excluding carboxylic acids is 1. The van der Waals surface area contributed by atoms with E-state index in [2.05, 4.69) is 11.1 Å². The van der Waals surface area contributed by atoms with E-state index in [4.69, 9.17) is 0 Å². The number of aromatic nitrogens is 1. The van der Waals surface area contributed by atoms with Crippen molar-refractivity contribution < 1.29 is 4.79 Å². The minimum Gasteiger partial charge on any atom is -0.342 e. The van der Waals surface area contributed by atoms with Crippen LogP contribution in [0, 0.1) is 32.1 Å². The van der Waals surface area contributed by atoms with E-state index in [-0.39, 0.29) is 5.91 Å². The Bertz CT molecular complexity index is 599. The smallest absolute Gasteiger partial charge is 0.232 e. The molecule has 1 aliphatic rings. The van der Waals surface area contributed by atoms with Gasteiger partial charge in [-0.1, -0.05) is 24.6 Å². The third-order valence-electron chi connectivity index (χ3n) is 4.37. The number of amides is 1. The minimum atomic E-state index is 0.161. The lowest BCUT2D eigenvalue weighted by atomic mass is 10.1. The summed E-state index contributed by atoms with van der Waals surface area (Å²) < 4.78 is 0. The maximum Gasteiger partial charge on any atom is 0.232 e. The summed E-state index contributed by atoms with van der Waals surface area (Å²) in [5.41, 5.74) is 3.57. The molecule has 0 N–H and O–H groups in total. The lowest BCUT2D eigenvalue weighted by Crippen LogP contribution is -2.33. The quantitative estimate of drug-likeness (QED) is 0.802. The molecule has 1 amide bonds. The van der Waals surface area contributed by atoms with Crippen molar-refractivity contribution in [2.45, 2.75) is 51.5 Å². The lowest BCUT2D eigenvalue weighted by Gasteiger charge is -2.20. The van der Waals surface area contributed by atoms with E-state index in [1.54, 1.807) is 0 Å². The van der Waals surface area contributed by atoms with Gasteiger partial charge in [-0.25, -0.2) is 4.98 Å². The van der Waals surface area contributed by atoms with Gasteiger partial charge in [0.15, 0.2) is 0 Å². The highest BCUT2D eigenvalue weighted by atomic mass is 32.2. The van der Waals surface area contributed by atoms with Crippen LogP contribution in [0.3, 0.4) is 0 Å². The molecular formula is C17H23N3OS. The van der Waals surface area contributed by atoms with Gasteiger partial charge in [-0.3, -0.25) is 4.79 Å². The molecule has 0 saturated carbocycles. The summed E-state index contributed by atoms with van der Waals surface area (Å²) in [7, 11) is 0. The number of hydrogen-bond donors (Lipinski definition) is 0. The van der Waals surface area contributed by atoms with E-state index in [1.807, 2.05) is 25.7 Å². The molecule has 0 atom stereocenters. The fourth-order valence-electron chi connectivity index (χ4n) is 2.69. The van der Waals surface area contributed by atoms with Gasteiger partial charge in [0, 0.05) is 18.8 Å². The monoisotopic (exact) mass is 317 g/mol. The third-order valence-corrected chi connectivity index (χ3v) is 5.33. The van der Waals surface area contributed by atoms with Crippen LogP contribution in [0.2, 0.25) is 0 Å². The predicted molar refractivity (Wildman–Crippen MR) is 88.9 cm³/mol. The van der Waals surface area contributed by atoms with Crippen molar-refractivity contribution in [3.05, 3.63) is 22.4 Å². The Labute approximate surface area is 136 Å². The summed E-state index contributed by atoms with van der Waals surface area (Å²) in [6, 6.07) is 2.24. The highest BCUT2D eigenvalue weighted by Gasteiger charge is 2.18. The molecule has 1 aliphatic heterocycles. The number of carbonyl (C=O) groups is 1. The minimum absolute atomic E-state index is 0.161. The number of hydrogen-bond acceptors (Lipinski definition) is 4. The van der Waals surface area contributed by atoms with Crippen molar-refractivity contribution in [1.82, 2.24) is 9.88 Å². The molecule has 0 unspecified atom stereocenters. The molecule has 0 bridgehead atoms. The summed E-state index contributed by atoms with van der Waals surface area (Å²) in [4.78, 5) is 18.8. The van der Waals surface area contributed by atoms with Crippen molar-refractivity contribution in [2.24, 2.45) is 0 Å². The van der Waals surface area contributed by atoms with E-state index in [9.17, 15) is 10.1 Å². The van der Waals surface area contributed by atoms with Crippen molar-refractivity contribution >= 4 is 17.7 Å². The molecule has 1 aromatic heterocycles. The molecule has 1 aromatic rings. The largest absolute Gasteiger partial charge is 0.342 e. The Hall–Kier alpha value is -1.54. The van der Waals surface area contributed by atoms with Crippen LogP contribution in [0.4, 0.5) is 0 Å². The third kappa shape index (κ3) is 3.80. The van der Waals surface area contributed by atoms with Gasteiger partial charge in [-0.15, -0.1) is 0 Å². The fraction of sp³-hybridized carbons (Fsp3) is 0.588. The Balaban J connectivity index is 2.08. The zero-order valence-corrected chi connectivity index (χ0v) is 14.4. The highest BCUT2D eigenvalue weighted by molar-refractivity contribution is 8.00. The van der Waals surface area contributed by atoms with Gasteiger partial charge >= 0.3 is 0 Å². The molecule has 5 heteroatoms. The SMILES string of the molecule is Cc1nc(SCC(=O)N2CCCCCC2)c(C#N)c(C)c1C. The van der Waals surface area contributed by atoms with Crippen molar-refractivity contribution in [2.75, 3.05) is 18.8 Å². The zero-order valence-electron chi connectivity index (χ0n) is 13.6. The molecule has 22 heavy (non-hydrogen) atoms. The first-order valence-corrected chi connectivity index (χ1v) is 8.81. The van der Waals surface area contributed by atoms with Crippen molar-refractivity contribution in [3.8, 4) is 6.07 Å². The summed E-state index contributed by atoms with van der Waals surface area (Å²) in [5, 5.41) is 10.1. The molecule has 2 heterocycles. The van der Waals surface area contributed by atoms with Gasteiger partial charge in [-0.05, 0) is 44.7 Å². The number of aryl methyl sites for hydroxylation is 1. The van der Waals surface area contributed by atoms with Gasteiger partial charge in [0.25, 0.3) is 0 Å². The van der Waals surface area contributed by atoms with Crippen LogP contribution in [0.5, 0.6) is 0 Å². The molecule has 0 spiro atoms. The standard InChI is InChI=1S/C17H23N3OS/c1-12-13(2)15(10-18)17(19-14(12)3)22-11-16(21)20-8-6-4-5-7-9-20/h4-9,11H2,1-3H3. The zero-order chi connectivity index (χ0) is 16.1. The predicted octanol–water partition coefficient (Wildman–Crippen LogP) is 3.37. The second-order valence-corrected chi connectivity index (χ2v) is 6.79. The second kappa shape index (κ2) is 7.64. The normalized spacial score (nSPS) is 15.3. The van der Waals surface area contributed by atoms with Crippen LogP contribution in [-0.4, -0.2) is 34.6 Å². The van der Waals surface area contributed by atoms with Crippen LogP contribution < -0.4 is 0 Å². The number of likely N-dealkylation sites (tertiary alicyclic amines) is 1. The average molecular weight is 317 g/mol. The van der Waals surface area contributed by atoms with Crippen LogP contribution in [0.25, 0.3) is 0 Å². The number of pyridine rings is 1. The van der Waals surface area contributed by atoms with E-state index >= 15 is 0 Å². The van der Waals surface area contributed by atoms with Gasteiger partial charge in [0.1, 0.15) is 11.1 Å². The first-order valence-electron chi connectivity index (χ1n) is 7.83. The molecule has 1 saturated heterocycles. The lowest BCUT2D eigenvalue weighted by molar-refractivity contribution is -0.128. The van der Waals surface area contributed by atoms with E-state index in [0.29, 0.717) is 16.3 Å². The number of nitrogens with zero attached hydrogens (tertiary/aromatic N) is 3. The van der Waals surface area contributed by atoms with E-state index in [0.717, 1.165) is 42.8 Å². The summed E-state index contributed by atoms with van der Waals surface area (Å²) >= 11 is 1.39. The maximum atomic E-state index is 12.4. The summed E-state index contributed by atoms with van der Waals surface area (Å²) in [5.74, 6) is 0.525. The molecule has 2 rings (SSSR count). The first-order chi connectivity index (χ1) is 10.5. The molecule has 118 valence electrons. The van der Waals surface area contributed by atoms with Gasteiger partial charge in [0.2, 0.25) is 5.91 Å². The Morgan fingerprint density at radius 3 is 2.41 bits per heavy atom. The second-order valence-electron chi connectivity index (χ2n) is 5.82. The topological polar surface area (TPSA) is 57.0 Å². The first kappa shape index (κ1) is 16.8. The Morgan fingerprint density at radius 1 is 1.18 bits per heavy atom. The van der Waals surface area contributed by atoms with Crippen molar-refractivity contribution in [3.63, 3.8) is 0 Å². The molecular weight excluding hydrogens is 294 g/mol. The number of thioether (sulfide) groups is 1. The molecule has 0 radical (unpaired) electrons. The highest BCUT2D eigenvalue weighted by Crippen LogP contribution is 2.26. The molecule has 0 aliphatic carbocycles. The molecule has 1 fully saturated rings. The van der Waals surface area contributed by atoms with Crippen molar-refractivity contribution in [1.29, 1.82) is 5.26 Å². The van der Waals surface area contributed by atoms with Crippen LogP contribution >= 0.6 is 11.8 Å². The Morgan fingerprint density at radius 2 is 1.82 bits per heavy atom. The number of rotatable bonds is 3.